The zero-order chi connectivity index (χ0) is 14.7. The largest absolute Gasteiger partial charge is 0.378 e. The van der Waals surface area contributed by atoms with Crippen molar-refractivity contribution in [2.45, 2.75) is 69.2 Å². The summed E-state index contributed by atoms with van der Waals surface area (Å²) in [5.41, 5.74) is -1.28. The van der Waals surface area contributed by atoms with Crippen LogP contribution >= 0.6 is 0 Å². The van der Waals surface area contributed by atoms with Crippen LogP contribution in [0.5, 0.6) is 0 Å². The van der Waals surface area contributed by atoms with Crippen LogP contribution < -0.4 is 0 Å². The van der Waals surface area contributed by atoms with Crippen LogP contribution in [0, 0.1) is 0 Å². The second-order valence-electron chi connectivity index (χ2n) is 6.72. The molecule has 21 heavy (non-hydrogen) atoms. The van der Waals surface area contributed by atoms with Crippen LogP contribution in [0.1, 0.15) is 51.4 Å². The lowest BCUT2D eigenvalue weighted by molar-refractivity contribution is -0.154. The third-order valence-corrected chi connectivity index (χ3v) is 5.07. The molecule has 1 aliphatic carbocycles. The lowest BCUT2D eigenvalue weighted by Gasteiger charge is -2.37. The number of ether oxygens (including phenoxy) is 2. The molecule has 0 unspecified atom stereocenters. The maximum atomic E-state index is 12.4. The zero-order valence-electron chi connectivity index (χ0n) is 12.8. The molecule has 0 spiro atoms. The Morgan fingerprint density at radius 2 is 1.76 bits per heavy atom. The molecule has 1 saturated carbocycles. The average Bonchev–Trinajstić information content (AvgIpc) is 2.96. The Labute approximate surface area is 126 Å². The third-order valence-electron chi connectivity index (χ3n) is 5.07. The number of aliphatic hydroxyl groups is 1. The quantitative estimate of drug-likeness (QED) is 0.857. The Bertz CT molecular complexity index is 353. The number of nitrogens with zero attached hydrogens (tertiary/aromatic N) is 1. The van der Waals surface area contributed by atoms with Crippen molar-refractivity contribution < 1.29 is 19.4 Å². The molecule has 1 amide bonds. The molecule has 3 rings (SSSR count). The highest BCUT2D eigenvalue weighted by Gasteiger charge is 2.43. The van der Waals surface area contributed by atoms with Gasteiger partial charge in [0.1, 0.15) is 0 Å². The van der Waals surface area contributed by atoms with Gasteiger partial charge in [-0.3, -0.25) is 4.79 Å². The van der Waals surface area contributed by atoms with Crippen molar-refractivity contribution in [3.63, 3.8) is 0 Å². The number of likely N-dealkylation sites (tertiary alicyclic amines) is 1. The molecule has 5 heteroatoms. The van der Waals surface area contributed by atoms with Crippen LogP contribution in [0.25, 0.3) is 0 Å². The minimum absolute atomic E-state index is 0.143. The molecular formula is C16H27NO4. The average molecular weight is 297 g/mol. The Kier molecular flexibility index (Phi) is 4.82. The van der Waals surface area contributed by atoms with E-state index in [-0.39, 0.29) is 18.6 Å². The van der Waals surface area contributed by atoms with Gasteiger partial charge in [0.15, 0.2) is 5.60 Å². The van der Waals surface area contributed by atoms with Crippen LogP contribution in [0.4, 0.5) is 0 Å². The van der Waals surface area contributed by atoms with Crippen LogP contribution in [0.15, 0.2) is 0 Å². The fraction of sp³-hybridized carbons (Fsp3) is 0.938. The summed E-state index contributed by atoms with van der Waals surface area (Å²) in [5, 5.41) is 10.3. The first-order valence-corrected chi connectivity index (χ1v) is 8.42. The van der Waals surface area contributed by atoms with Gasteiger partial charge in [0, 0.05) is 19.5 Å². The Morgan fingerprint density at radius 1 is 1.10 bits per heavy atom. The molecule has 1 N–H and O–H groups in total. The van der Waals surface area contributed by atoms with Gasteiger partial charge < -0.3 is 19.5 Å². The smallest absolute Gasteiger partial charge is 0.257 e. The molecule has 0 aromatic heterocycles. The molecule has 5 nitrogen and oxygen atoms in total. The summed E-state index contributed by atoms with van der Waals surface area (Å²) in [5.74, 6) is -0.156. The molecule has 2 heterocycles. The standard InChI is InChI=1S/C16H27NO4/c18-15(16(19)8-11-20-12-16)17-9-6-14(7-10-17)21-13-4-2-1-3-5-13/h13-14,19H,1-12H2/t16-/m0/s1. The van der Waals surface area contributed by atoms with Crippen LogP contribution in [-0.2, 0) is 14.3 Å². The van der Waals surface area contributed by atoms with Gasteiger partial charge in [0.05, 0.1) is 25.4 Å². The highest BCUT2D eigenvalue weighted by molar-refractivity contribution is 5.85. The normalized spacial score (nSPS) is 32.5. The van der Waals surface area contributed by atoms with Crippen LogP contribution in [0.2, 0.25) is 0 Å². The van der Waals surface area contributed by atoms with Crippen LogP contribution in [-0.4, -0.2) is 60.0 Å². The first-order chi connectivity index (χ1) is 10.2. The third kappa shape index (κ3) is 3.58. The van der Waals surface area contributed by atoms with Gasteiger partial charge in [-0.05, 0) is 25.7 Å². The molecule has 2 saturated heterocycles. The maximum absolute atomic E-state index is 12.4. The van der Waals surface area contributed by atoms with Gasteiger partial charge in [-0.15, -0.1) is 0 Å². The van der Waals surface area contributed by atoms with Crippen molar-refractivity contribution in [2.24, 2.45) is 0 Å². The summed E-state index contributed by atoms with van der Waals surface area (Å²) in [6.07, 6.45) is 9.21. The van der Waals surface area contributed by atoms with E-state index in [0.717, 1.165) is 12.8 Å². The SMILES string of the molecule is O=C(N1CCC(OC2CCCCC2)CC1)[C@]1(O)CCOC1. The fourth-order valence-corrected chi connectivity index (χ4v) is 3.69. The summed E-state index contributed by atoms with van der Waals surface area (Å²) in [7, 11) is 0. The summed E-state index contributed by atoms with van der Waals surface area (Å²) in [6, 6.07) is 0. The zero-order valence-corrected chi connectivity index (χ0v) is 12.8. The second-order valence-corrected chi connectivity index (χ2v) is 6.72. The topological polar surface area (TPSA) is 59.0 Å². The minimum Gasteiger partial charge on any atom is -0.378 e. The van der Waals surface area contributed by atoms with Crippen molar-refractivity contribution >= 4 is 5.91 Å². The summed E-state index contributed by atoms with van der Waals surface area (Å²) in [4.78, 5) is 14.2. The first kappa shape index (κ1) is 15.3. The minimum atomic E-state index is -1.28. The number of carbonyl (C=O) groups excluding carboxylic acids is 1. The van der Waals surface area contributed by atoms with Crippen molar-refractivity contribution in [1.29, 1.82) is 0 Å². The monoisotopic (exact) mass is 297 g/mol. The molecular weight excluding hydrogens is 270 g/mol. The lowest BCUT2D eigenvalue weighted by atomic mass is 9.96. The Morgan fingerprint density at radius 3 is 2.38 bits per heavy atom. The van der Waals surface area contributed by atoms with E-state index < -0.39 is 5.60 Å². The van der Waals surface area contributed by atoms with Gasteiger partial charge in [-0.25, -0.2) is 0 Å². The summed E-state index contributed by atoms with van der Waals surface area (Å²) < 4.78 is 11.4. The van der Waals surface area contributed by atoms with Crippen LogP contribution in [0.3, 0.4) is 0 Å². The highest BCUT2D eigenvalue weighted by atomic mass is 16.5. The summed E-state index contributed by atoms with van der Waals surface area (Å²) in [6.45, 7) is 2.00. The van der Waals surface area contributed by atoms with E-state index in [9.17, 15) is 9.90 Å². The van der Waals surface area contributed by atoms with E-state index >= 15 is 0 Å². The molecule has 2 aliphatic heterocycles. The number of piperidine rings is 1. The second kappa shape index (κ2) is 6.63. The Balaban J connectivity index is 1.45. The van der Waals surface area contributed by atoms with Crippen molar-refractivity contribution in [3.8, 4) is 0 Å². The number of carbonyl (C=O) groups is 1. The van der Waals surface area contributed by atoms with Crippen molar-refractivity contribution in [2.75, 3.05) is 26.3 Å². The van der Waals surface area contributed by atoms with E-state index in [1.165, 1.54) is 32.1 Å². The molecule has 3 aliphatic rings. The molecule has 0 aromatic rings. The molecule has 0 aromatic carbocycles. The summed E-state index contributed by atoms with van der Waals surface area (Å²) >= 11 is 0. The molecule has 1 atom stereocenters. The number of amides is 1. The predicted octanol–water partition coefficient (Wildman–Crippen LogP) is 1.48. The van der Waals surface area contributed by atoms with Gasteiger partial charge >= 0.3 is 0 Å². The van der Waals surface area contributed by atoms with Gasteiger partial charge in [-0.2, -0.15) is 0 Å². The number of hydrogen-bond acceptors (Lipinski definition) is 4. The highest BCUT2D eigenvalue weighted by Crippen LogP contribution is 2.27. The van der Waals surface area contributed by atoms with Gasteiger partial charge in [0.25, 0.3) is 5.91 Å². The molecule has 0 radical (unpaired) electrons. The van der Waals surface area contributed by atoms with E-state index in [4.69, 9.17) is 9.47 Å². The van der Waals surface area contributed by atoms with E-state index in [1.807, 2.05) is 0 Å². The van der Waals surface area contributed by atoms with E-state index in [0.29, 0.717) is 32.2 Å². The van der Waals surface area contributed by atoms with Crippen molar-refractivity contribution in [3.05, 3.63) is 0 Å². The van der Waals surface area contributed by atoms with E-state index in [1.54, 1.807) is 4.90 Å². The number of rotatable bonds is 3. The lowest BCUT2D eigenvalue weighted by Crippen LogP contribution is -2.52. The fourth-order valence-electron chi connectivity index (χ4n) is 3.69. The maximum Gasteiger partial charge on any atom is 0.257 e. The molecule has 120 valence electrons. The molecule has 3 fully saturated rings. The van der Waals surface area contributed by atoms with E-state index in [2.05, 4.69) is 0 Å². The Hall–Kier alpha value is -0.650. The van der Waals surface area contributed by atoms with Gasteiger partial charge in [0.2, 0.25) is 0 Å². The first-order valence-electron chi connectivity index (χ1n) is 8.42. The number of hydrogen-bond donors (Lipinski definition) is 1. The predicted molar refractivity (Wildman–Crippen MR) is 77.9 cm³/mol. The molecule has 0 bridgehead atoms. The van der Waals surface area contributed by atoms with Gasteiger partial charge in [-0.1, -0.05) is 19.3 Å². The van der Waals surface area contributed by atoms with Crippen molar-refractivity contribution in [1.82, 2.24) is 4.90 Å².